The summed E-state index contributed by atoms with van der Waals surface area (Å²) < 4.78 is 11.2. The van der Waals surface area contributed by atoms with Crippen molar-refractivity contribution in [2.24, 2.45) is 11.7 Å². The predicted molar refractivity (Wildman–Crippen MR) is 64.7 cm³/mol. The Morgan fingerprint density at radius 2 is 2.24 bits per heavy atom. The maximum Gasteiger partial charge on any atom is 0.137 e. The monoisotopic (exact) mass is 241 g/mol. The van der Waals surface area contributed by atoms with Crippen LogP contribution in [0.2, 0.25) is 0 Å². The zero-order valence-corrected chi connectivity index (χ0v) is 10.8. The van der Waals surface area contributed by atoms with Crippen LogP contribution in [0.15, 0.2) is 0 Å². The Bertz CT molecular complexity index is 290. The first-order valence-electron chi connectivity index (χ1n) is 6.44. The van der Waals surface area contributed by atoms with Crippen LogP contribution >= 0.6 is 0 Å². The molecular formula is C13H23NO3. The summed E-state index contributed by atoms with van der Waals surface area (Å²) >= 11 is 0. The first-order valence-corrected chi connectivity index (χ1v) is 6.44. The average Bonchev–Trinajstić information content (AvgIpc) is 2.64. The summed E-state index contributed by atoms with van der Waals surface area (Å²) in [4.78, 5) is 12.2. The highest BCUT2D eigenvalue weighted by molar-refractivity contribution is 5.82. The van der Waals surface area contributed by atoms with Gasteiger partial charge >= 0.3 is 0 Å². The van der Waals surface area contributed by atoms with Gasteiger partial charge in [-0.2, -0.15) is 0 Å². The van der Waals surface area contributed by atoms with E-state index in [0.29, 0.717) is 19.6 Å². The van der Waals surface area contributed by atoms with E-state index in [1.54, 1.807) is 0 Å². The molecule has 0 bridgehead atoms. The first-order chi connectivity index (χ1) is 7.90. The van der Waals surface area contributed by atoms with Gasteiger partial charge < -0.3 is 15.2 Å². The molecule has 1 spiro atoms. The van der Waals surface area contributed by atoms with Crippen LogP contribution in [0, 0.1) is 5.92 Å². The highest BCUT2D eigenvalue weighted by Crippen LogP contribution is 2.36. The zero-order valence-electron chi connectivity index (χ0n) is 10.8. The number of ether oxygens (including phenoxy) is 2. The molecule has 2 aliphatic heterocycles. The van der Waals surface area contributed by atoms with Gasteiger partial charge in [-0.1, -0.05) is 0 Å². The van der Waals surface area contributed by atoms with E-state index in [-0.39, 0.29) is 17.3 Å². The average molecular weight is 241 g/mol. The maximum atomic E-state index is 12.2. The summed E-state index contributed by atoms with van der Waals surface area (Å²) in [5, 5.41) is 0. The molecule has 2 fully saturated rings. The van der Waals surface area contributed by atoms with Crippen molar-refractivity contribution in [3.8, 4) is 0 Å². The molecule has 0 amide bonds. The van der Waals surface area contributed by atoms with Crippen LogP contribution in [-0.2, 0) is 14.3 Å². The lowest BCUT2D eigenvalue weighted by Gasteiger charge is -2.37. The normalized spacial score (nSPS) is 34.2. The summed E-state index contributed by atoms with van der Waals surface area (Å²) in [6.45, 7) is 5.87. The fourth-order valence-corrected chi connectivity index (χ4v) is 2.76. The Balaban J connectivity index is 1.95. The fraction of sp³-hybridized carbons (Fsp3) is 0.923. The molecule has 0 aromatic heterocycles. The number of rotatable bonds is 3. The molecule has 2 unspecified atom stereocenters. The van der Waals surface area contributed by atoms with Crippen LogP contribution in [0.4, 0.5) is 0 Å². The minimum atomic E-state index is -0.408. The summed E-state index contributed by atoms with van der Waals surface area (Å²) in [7, 11) is 0. The van der Waals surface area contributed by atoms with E-state index in [2.05, 4.69) is 0 Å². The third-order valence-corrected chi connectivity index (χ3v) is 3.65. The van der Waals surface area contributed by atoms with Crippen molar-refractivity contribution in [3.63, 3.8) is 0 Å². The van der Waals surface area contributed by atoms with Gasteiger partial charge in [0.2, 0.25) is 0 Å². The molecule has 0 aromatic carbocycles. The molecule has 4 nitrogen and oxygen atoms in total. The smallest absolute Gasteiger partial charge is 0.137 e. The Morgan fingerprint density at radius 3 is 2.82 bits per heavy atom. The Kier molecular flexibility index (Phi) is 3.57. The van der Waals surface area contributed by atoms with Crippen LogP contribution in [0.5, 0.6) is 0 Å². The molecule has 0 radical (unpaired) electrons. The molecule has 2 N–H and O–H groups in total. The van der Waals surface area contributed by atoms with Gasteiger partial charge in [-0.25, -0.2) is 0 Å². The number of Topliss-reactive ketones (excluding diaryl/α,β-unsaturated/α-hetero) is 1. The van der Waals surface area contributed by atoms with Gasteiger partial charge in [0.05, 0.1) is 12.2 Å². The Hall–Kier alpha value is -0.450. The number of nitrogens with two attached hydrogens (primary N) is 1. The van der Waals surface area contributed by atoms with E-state index >= 15 is 0 Å². The Morgan fingerprint density at radius 1 is 1.47 bits per heavy atom. The third kappa shape index (κ3) is 3.27. The van der Waals surface area contributed by atoms with Crippen LogP contribution in [-0.4, -0.2) is 36.7 Å². The van der Waals surface area contributed by atoms with Gasteiger partial charge in [-0.05, 0) is 26.7 Å². The molecule has 17 heavy (non-hydrogen) atoms. The van der Waals surface area contributed by atoms with E-state index in [9.17, 15) is 4.79 Å². The Labute approximate surface area is 103 Å². The molecule has 2 saturated heterocycles. The van der Waals surface area contributed by atoms with Crippen LogP contribution < -0.4 is 5.73 Å². The van der Waals surface area contributed by atoms with E-state index < -0.39 is 5.54 Å². The molecule has 2 atom stereocenters. The van der Waals surface area contributed by atoms with E-state index in [1.165, 1.54) is 0 Å². The number of hydrogen-bond acceptors (Lipinski definition) is 4. The van der Waals surface area contributed by atoms with E-state index in [4.69, 9.17) is 15.2 Å². The summed E-state index contributed by atoms with van der Waals surface area (Å²) in [6, 6.07) is 0. The highest BCUT2D eigenvalue weighted by Gasteiger charge is 2.43. The van der Waals surface area contributed by atoms with Crippen molar-refractivity contribution < 1.29 is 14.3 Å². The molecule has 4 heteroatoms. The van der Waals surface area contributed by atoms with Gasteiger partial charge in [0.25, 0.3) is 0 Å². The van der Waals surface area contributed by atoms with Crippen molar-refractivity contribution in [1.29, 1.82) is 0 Å². The molecule has 0 saturated carbocycles. The van der Waals surface area contributed by atoms with E-state index in [1.807, 2.05) is 13.8 Å². The molecule has 2 aliphatic rings. The van der Waals surface area contributed by atoms with Crippen LogP contribution in [0.25, 0.3) is 0 Å². The zero-order chi connectivity index (χ0) is 12.5. The molecule has 98 valence electrons. The van der Waals surface area contributed by atoms with E-state index in [0.717, 1.165) is 25.9 Å². The lowest BCUT2D eigenvalue weighted by Crippen LogP contribution is -2.44. The predicted octanol–water partition coefficient (Wildman–Crippen LogP) is 1.27. The first kappa shape index (κ1) is 13.0. The van der Waals surface area contributed by atoms with Gasteiger partial charge in [0.1, 0.15) is 5.78 Å². The minimum Gasteiger partial charge on any atom is -0.378 e. The van der Waals surface area contributed by atoms with Crippen molar-refractivity contribution in [2.45, 2.75) is 50.7 Å². The third-order valence-electron chi connectivity index (χ3n) is 3.65. The molecule has 2 heterocycles. The van der Waals surface area contributed by atoms with Gasteiger partial charge in [0.15, 0.2) is 0 Å². The number of carbonyl (C=O) groups is 1. The van der Waals surface area contributed by atoms with Crippen LogP contribution in [0.1, 0.15) is 39.5 Å². The van der Waals surface area contributed by atoms with Crippen molar-refractivity contribution in [2.75, 3.05) is 19.8 Å². The quantitative estimate of drug-likeness (QED) is 0.808. The standard InChI is InChI=1S/C13H23NO3/c1-12(2,14)8-11(15)10-3-5-17-13(7-10)4-6-16-9-13/h10H,3-9,14H2,1-2H3. The maximum absolute atomic E-state index is 12.2. The second-order valence-corrected chi connectivity index (χ2v) is 6.16. The largest absolute Gasteiger partial charge is 0.378 e. The van der Waals surface area contributed by atoms with Crippen molar-refractivity contribution in [3.05, 3.63) is 0 Å². The highest BCUT2D eigenvalue weighted by atomic mass is 16.6. The molecule has 0 aliphatic carbocycles. The number of carbonyl (C=O) groups excluding carboxylic acids is 1. The van der Waals surface area contributed by atoms with Gasteiger partial charge in [0, 0.05) is 37.5 Å². The molecular weight excluding hydrogens is 218 g/mol. The van der Waals surface area contributed by atoms with Crippen molar-refractivity contribution >= 4 is 5.78 Å². The second-order valence-electron chi connectivity index (χ2n) is 6.16. The lowest BCUT2D eigenvalue weighted by atomic mass is 9.80. The number of ketones is 1. The lowest BCUT2D eigenvalue weighted by molar-refractivity contribution is -0.138. The summed E-state index contributed by atoms with van der Waals surface area (Å²) in [5.41, 5.74) is 5.32. The minimum absolute atomic E-state index is 0.105. The van der Waals surface area contributed by atoms with Crippen molar-refractivity contribution in [1.82, 2.24) is 0 Å². The number of hydrogen-bond donors (Lipinski definition) is 1. The molecule has 2 rings (SSSR count). The van der Waals surface area contributed by atoms with Crippen LogP contribution in [0.3, 0.4) is 0 Å². The van der Waals surface area contributed by atoms with Gasteiger partial charge in [-0.15, -0.1) is 0 Å². The topological polar surface area (TPSA) is 61.6 Å². The van der Waals surface area contributed by atoms with Gasteiger partial charge in [-0.3, -0.25) is 4.79 Å². The molecule has 0 aromatic rings. The summed E-state index contributed by atoms with van der Waals surface area (Å²) in [6.07, 6.45) is 3.01. The fourth-order valence-electron chi connectivity index (χ4n) is 2.76. The summed E-state index contributed by atoms with van der Waals surface area (Å²) in [5.74, 6) is 0.389. The SMILES string of the molecule is CC(C)(N)CC(=O)C1CCOC2(CCOC2)C1. The second kappa shape index (κ2) is 4.67.